The van der Waals surface area contributed by atoms with Crippen LogP contribution < -0.4 is 10.6 Å². The topological polar surface area (TPSA) is 72.2 Å². The Bertz CT molecular complexity index is 336. The third-order valence-electron chi connectivity index (χ3n) is 3.10. The van der Waals surface area contributed by atoms with Gasteiger partial charge in [-0.1, -0.05) is 5.10 Å². The lowest BCUT2D eigenvalue weighted by Crippen LogP contribution is -2.12. The maximum Gasteiger partial charge on any atom is 0.315 e. The normalized spacial score (nSPS) is 21.6. The van der Waals surface area contributed by atoms with E-state index >= 15 is 0 Å². The van der Waals surface area contributed by atoms with Crippen molar-refractivity contribution in [2.24, 2.45) is 5.92 Å². The first kappa shape index (κ1) is 12.3. The van der Waals surface area contributed by atoms with Crippen molar-refractivity contribution in [1.29, 1.82) is 0 Å². The van der Waals surface area contributed by atoms with Crippen molar-refractivity contribution in [2.45, 2.75) is 25.8 Å². The van der Waals surface area contributed by atoms with E-state index in [9.17, 15) is 0 Å². The molecular weight excluding hydrogens is 220 g/mol. The maximum absolute atomic E-state index is 5.47. The fourth-order valence-electron chi connectivity index (χ4n) is 1.80. The van der Waals surface area contributed by atoms with Crippen LogP contribution >= 0.6 is 0 Å². The fraction of sp³-hybridized carbons (Fsp3) is 0.818. The van der Waals surface area contributed by atoms with Crippen LogP contribution in [0, 0.1) is 5.92 Å². The molecule has 0 aromatic carbocycles. The van der Waals surface area contributed by atoms with Crippen LogP contribution in [0.3, 0.4) is 0 Å². The van der Waals surface area contributed by atoms with Crippen molar-refractivity contribution in [2.75, 3.05) is 32.1 Å². The molecule has 0 spiro atoms. The first-order valence-electron chi connectivity index (χ1n) is 6.12. The number of hydrogen-bond donors (Lipinski definition) is 2. The lowest BCUT2D eigenvalue weighted by Gasteiger charge is -2.06. The van der Waals surface area contributed by atoms with E-state index in [1.807, 2.05) is 14.0 Å². The van der Waals surface area contributed by atoms with E-state index in [4.69, 9.17) is 9.15 Å². The van der Waals surface area contributed by atoms with Crippen molar-refractivity contribution in [3.8, 4) is 0 Å². The number of nitrogens with one attached hydrogen (secondary N) is 2. The van der Waals surface area contributed by atoms with Gasteiger partial charge >= 0.3 is 6.01 Å². The Hall–Kier alpha value is -1.14. The highest BCUT2D eigenvalue weighted by molar-refractivity contribution is 5.17. The van der Waals surface area contributed by atoms with Gasteiger partial charge in [0.15, 0.2) is 0 Å². The first-order valence-corrected chi connectivity index (χ1v) is 6.12. The number of hydrogen-bond acceptors (Lipinski definition) is 6. The summed E-state index contributed by atoms with van der Waals surface area (Å²) in [5, 5.41) is 14.1. The predicted molar refractivity (Wildman–Crippen MR) is 63.8 cm³/mol. The highest BCUT2D eigenvalue weighted by Gasteiger charge is 2.16. The van der Waals surface area contributed by atoms with Gasteiger partial charge < -0.3 is 19.8 Å². The molecule has 0 bridgehead atoms. The Morgan fingerprint density at radius 1 is 1.47 bits per heavy atom. The quantitative estimate of drug-likeness (QED) is 0.778. The fourth-order valence-corrected chi connectivity index (χ4v) is 1.80. The summed E-state index contributed by atoms with van der Waals surface area (Å²) in [5.41, 5.74) is 0. The van der Waals surface area contributed by atoms with Crippen LogP contribution in [-0.4, -0.2) is 37.0 Å². The summed E-state index contributed by atoms with van der Waals surface area (Å²) in [6.07, 6.45) is 2.24. The molecule has 1 aliphatic heterocycles. The second-order valence-electron chi connectivity index (χ2n) is 4.40. The summed E-state index contributed by atoms with van der Waals surface area (Å²) in [7, 11) is 1.86. The summed E-state index contributed by atoms with van der Waals surface area (Å²) in [4.78, 5) is 0. The molecule has 2 heterocycles. The standard InChI is InChI=1S/C11H20N4O2/c1-8(12-2)10-14-15-11(17-10)13-5-3-9-4-6-16-7-9/h8-9,12H,3-7H2,1-2H3,(H,13,15). The Labute approximate surface area is 101 Å². The number of ether oxygens (including phenoxy) is 1. The zero-order chi connectivity index (χ0) is 12.1. The molecule has 17 heavy (non-hydrogen) atoms. The number of nitrogens with zero attached hydrogens (tertiary/aromatic N) is 2. The van der Waals surface area contributed by atoms with Crippen molar-refractivity contribution in [3.05, 3.63) is 5.89 Å². The molecule has 2 rings (SSSR count). The van der Waals surface area contributed by atoms with E-state index in [1.54, 1.807) is 0 Å². The predicted octanol–water partition coefficient (Wildman–Crippen LogP) is 1.19. The van der Waals surface area contributed by atoms with Crippen molar-refractivity contribution >= 4 is 6.01 Å². The molecule has 0 saturated carbocycles. The van der Waals surface area contributed by atoms with Gasteiger partial charge in [-0.2, -0.15) is 0 Å². The van der Waals surface area contributed by atoms with Gasteiger partial charge in [0.1, 0.15) is 0 Å². The molecule has 0 amide bonds. The van der Waals surface area contributed by atoms with E-state index in [1.165, 1.54) is 0 Å². The molecule has 96 valence electrons. The van der Waals surface area contributed by atoms with Crippen LogP contribution in [0.25, 0.3) is 0 Å². The number of anilines is 1. The van der Waals surface area contributed by atoms with Crippen LogP contribution in [0.1, 0.15) is 31.7 Å². The van der Waals surface area contributed by atoms with Crippen molar-refractivity contribution < 1.29 is 9.15 Å². The Kier molecular flexibility index (Phi) is 4.33. The summed E-state index contributed by atoms with van der Waals surface area (Å²) >= 11 is 0. The smallest absolute Gasteiger partial charge is 0.315 e. The first-order chi connectivity index (χ1) is 8.29. The number of rotatable bonds is 6. The molecular formula is C11H20N4O2. The molecule has 1 fully saturated rings. The summed E-state index contributed by atoms with van der Waals surface area (Å²) in [6.45, 7) is 4.61. The molecule has 2 N–H and O–H groups in total. The summed E-state index contributed by atoms with van der Waals surface area (Å²) in [5.74, 6) is 1.28. The van der Waals surface area contributed by atoms with Crippen LogP contribution in [0.2, 0.25) is 0 Å². The van der Waals surface area contributed by atoms with Crippen molar-refractivity contribution in [1.82, 2.24) is 15.5 Å². The third-order valence-corrected chi connectivity index (χ3v) is 3.10. The van der Waals surface area contributed by atoms with E-state index in [-0.39, 0.29) is 6.04 Å². The summed E-state index contributed by atoms with van der Waals surface area (Å²) < 4.78 is 10.8. The highest BCUT2D eigenvalue weighted by atomic mass is 16.5. The largest absolute Gasteiger partial charge is 0.406 e. The van der Waals surface area contributed by atoms with Crippen LogP contribution in [0.15, 0.2) is 4.42 Å². The van der Waals surface area contributed by atoms with Gasteiger partial charge in [0.05, 0.1) is 6.04 Å². The van der Waals surface area contributed by atoms with Gasteiger partial charge in [-0.15, -0.1) is 5.10 Å². The van der Waals surface area contributed by atoms with Gasteiger partial charge in [0.25, 0.3) is 0 Å². The minimum atomic E-state index is 0.0845. The van der Waals surface area contributed by atoms with Crippen LogP contribution in [0.5, 0.6) is 0 Å². The van der Waals surface area contributed by atoms with Gasteiger partial charge in [-0.3, -0.25) is 0 Å². The van der Waals surface area contributed by atoms with Gasteiger partial charge in [-0.25, -0.2) is 0 Å². The van der Waals surface area contributed by atoms with E-state index < -0.39 is 0 Å². The second-order valence-corrected chi connectivity index (χ2v) is 4.40. The van der Waals surface area contributed by atoms with Gasteiger partial charge in [-0.05, 0) is 32.7 Å². The molecule has 1 saturated heterocycles. The number of aromatic nitrogens is 2. The molecule has 1 aromatic heterocycles. The Morgan fingerprint density at radius 2 is 2.35 bits per heavy atom. The highest BCUT2D eigenvalue weighted by Crippen LogP contribution is 2.17. The molecule has 1 aromatic rings. The zero-order valence-corrected chi connectivity index (χ0v) is 10.4. The molecule has 6 nitrogen and oxygen atoms in total. The second kappa shape index (κ2) is 5.97. The molecule has 2 unspecified atom stereocenters. The average Bonchev–Trinajstić information content (AvgIpc) is 2.99. The van der Waals surface area contributed by atoms with Gasteiger partial charge in [0, 0.05) is 19.8 Å². The zero-order valence-electron chi connectivity index (χ0n) is 10.4. The minimum absolute atomic E-state index is 0.0845. The molecule has 1 aliphatic rings. The van der Waals surface area contributed by atoms with E-state index in [0.717, 1.165) is 32.6 Å². The molecule has 0 radical (unpaired) electrons. The molecule has 0 aliphatic carbocycles. The third kappa shape index (κ3) is 3.41. The Morgan fingerprint density at radius 3 is 3.06 bits per heavy atom. The SMILES string of the molecule is CNC(C)c1nnc(NCCC2CCOC2)o1. The molecule has 6 heteroatoms. The monoisotopic (exact) mass is 240 g/mol. The Balaban J connectivity index is 1.73. The minimum Gasteiger partial charge on any atom is -0.406 e. The van der Waals surface area contributed by atoms with Crippen molar-refractivity contribution in [3.63, 3.8) is 0 Å². The average molecular weight is 240 g/mol. The maximum atomic E-state index is 5.47. The summed E-state index contributed by atoms with van der Waals surface area (Å²) in [6, 6.07) is 0.585. The molecule has 2 atom stereocenters. The lowest BCUT2D eigenvalue weighted by molar-refractivity contribution is 0.185. The van der Waals surface area contributed by atoms with Gasteiger partial charge in [0.2, 0.25) is 5.89 Å². The lowest BCUT2D eigenvalue weighted by atomic mass is 10.1. The van der Waals surface area contributed by atoms with Crippen LogP contribution in [0.4, 0.5) is 6.01 Å². The van der Waals surface area contributed by atoms with Crippen LogP contribution in [-0.2, 0) is 4.74 Å². The van der Waals surface area contributed by atoms with E-state index in [2.05, 4.69) is 20.8 Å². The van der Waals surface area contributed by atoms with E-state index in [0.29, 0.717) is 17.8 Å².